The van der Waals surface area contributed by atoms with Crippen molar-refractivity contribution in [3.63, 3.8) is 0 Å². The first-order valence-corrected chi connectivity index (χ1v) is 5.32. The molecule has 1 unspecified atom stereocenters. The fraction of sp³-hybridized carbons (Fsp3) is 0.455. The molecule has 2 aliphatic heterocycles. The van der Waals surface area contributed by atoms with Gasteiger partial charge in [-0.05, 0) is 31.2 Å². The van der Waals surface area contributed by atoms with E-state index in [0.29, 0.717) is 0 Å². The molecule has 0 radical (unpaired) electrons. The Balaban J connectivity index is 2.12. The molecule has 2 nitrogen and oxygen atoms in total. The van der Waals surface area contributed by atoms with Gasteiger partial charge in [0.2, 0.25) is 0 Å². The molecule has 1 atom stereocenters. The van der Waals surface area contributed by atoms with Crippen molar-refractivity contribution < 1.29 is 4.74 Å². The van der Waals surface area contributed by atoms with Gasteiger partial charge < -0.3 is 10.1 Å². The maximum absolute atomic E-state index is 6.01. The monoisotopic (exact) mass is 209 g/mol. The molecule has 0 amide bonds. The molecule has 1 spiro atoms. The van der Waals surface area contributed by atoms with Crippen molar-refractivity contribution in [2.45, 2.75) is 11.8 Å². The van der Waals surface area contributed by atoms with E-state index in [1.165, 1.54) is 5.56 Å². The fourth-order valence-corrected chi connectivity index (χ4v) is 2.61. The van der Waals surface area contributed by atoms with Gasteiger partial charge in [0.1, 0.15) is 5.75 Å². The lowest BCUT2D eigenvalue weighted by Gasteiger charge is -2.19. The minimum absolute atomic E-state index is 0.195. The highest BCUT2D eigenvalue weighted by atomic mass is 35.5. The van der Waals surface area contributed by atoms with Gasteiger partial charge >= 0.3 is 0 Å². The smallest absolute Gasteiger partial charge is 0.123 e. The predicted molar refractivity (Wildman–Crippen MR) is 56.1 cm³/mol. The second-order valence-electron chi connectivity index (χ2n) is 4.14. The van der Waals surface area contributed by atoms with Crippen LogP contribution in [0.1, 0.15) is 12.0 Å². The van der Waals surface area contributed by atoms with E-state index < -0.39 is 0 Å². The van der Waals surface area contributed by atoms with Crippen LogP contribution in [0.15, 0.2) is 18.2 Å². The number of halogens is 1. The van der Waals surface area contributed by atoms with Crippen molar-refractivity contribution in [1.29, 1.82) is 0 Å². The largest absolute Gasteiger partial charge is 0.492 e. The van der Waals surface area contributed by atoms with Crippen molar-refractivity contribution in [2.24, 2.45) is 0 Å². The van der Waals surface area contributed by atoms with Crippen molar-refractivity contribution in [1.82, 2.24) is 5.32 Å². The maximum Gasteiger partial charge on any atom is 0.123 e. The topological polar surface area (TPSA) is 21.3 Å². The first kappa shape index (κ1) is 8.57. The van der Waals surface area contributed by atoms with Crippen LogP contribution in [0.2, 0.25) is 5.02 Å². The van der Waals surface area contributed by atoms with Gasteiger partial charge in [0.15, 0.2) is 0 Å². The van der Waals surface area contributed by atoms with Gasteiger partial charge in [-0.1, -0.05) is 11.6 Å². The Bertz CT molecular complexity index is 372. The molecule has 1 N–H and O–H groups in total. The molecule has 0 bridgehead atoms. The third kappa shape index (κ3) is 1.07. The van der Waals surface area contributed by atoms with Crippen LogP contribution in [0, 0.1) is 0 Å². The molecule has 1 fully saturated rings. The lowest BCUT2D eigenvalue weighted by molar-refractivity contribution is 0.277. The van der Waals surface area contributed by atoms with Gasteiger partial charge in [0, 0.05) is 22.5 Å². The van der Waals surface area contributed by atoms with Crippen LogP contribution in [0.5, 0.6) is 5.75 Å². The molecule has 1 aromatic rings. The summed E-state index contributed by atoms with van der Waals surface area (Å²) in [5.74, 6) is 1.01. The summed E-state index contributed by atoms with van der Waals surface area (Å²) in [6.45, 7) is 2.89. The minimum atomic E-state index is 0.195. The van der Waals surface area contributed by atoms with Gasteiger partial charge in [0.25, 0.3) is 0 Å². The zero-order valence-corrected chi connectivity index (χ0v) is 8.60. The third-order valence-electron chi connectivity index (χ3n) is 3.26. The lowest BCUT2D eigenvalue weighted by Crippen LogP contribution is -2.30. The third-order valence-corrected chi connectivity index (χ3v) is 3.50. The van der Waals surface area contributed by atoms with Crippen LogP contribution in [0.25, 0.3) is 0 Å². The zero-order valence-electron chi connectivity index (χ0n) is 7.85. The zero-order chi connectivity index (χ0) is 9.60. The molecule has 14 heavy (non-hydrogen) atoms. The van der Waals surface area contributed by atoms with Crippen LogP contribution in [-0.4, -0.2) is 19.7 Å². The van der Waals surface area contributed by atoms with Crippen molar-refractivity contribution >= 4 is 11.6 Å². The van der Waals surface area contributed by atoms with Crippen molar-refractivity contribution in [3.05, 3.63) is 28.8 Å². The number of rotatable bonds is 0. The highest BCUT2D eigenvalue weighted by Crippen LogP contribution is 2.43. The molecule has 0 saturated carbocycles. The highest BCUT2D eigenvalue weighted by Gasteiger charge is 2.42. The maximum atomic E-state index is 6.01. The summed E-state index contributed by atoms with van der Waals surface area (Å²) in [4.78, 5) is 0. The molecule has 1 saturated heterocycles. The summed E-state index contributed by atoms with van der Waals surface area (Å²) in [5, 5.41) is 4.20. The second-order valence-corrected chi connectivity index (χ2v) is 4.57. The SMILES string of the molecule is Clc1ccc2c(c1)C1(CCNC1)CO2. The summed E-state index contributed by atoms with van der Waals surface area (Å²) in [6.07, 6.45) is 1.15. The minimum Gasteiger partial charge on any atom is -0.492 e. The van der Waals surface area contributed by atoms with E-state index in [4.69, 9.17) is 16.3 Å². The molecule has 1 aromatic carbocycles. The number of benzene rings is 1. The van der Waals surface area contributed by atoms with E-state index in [2.05, 4.69) is 11.4 Å². The Labute approximate surface area is 88.2 Å². The number of hydrogen-bond acceptors (Lipinski definition) is 2. The molecule has 2 heterocycles. The number of hydrogen-bond donors (Lipinski definition) is 1. The van der Waals surface area contributed by atoms with Gasteiger partial charge in [-0.3, -0.25) is 0 Å². The van der Waals surface area contributed by atoms with Gasteiger partial charge in [-0.15, -0.1) is 0 Å². The van der Waals surface area contributed by atoms with Crippen LogP contribution in [0.4, 0.5) is 0 Å². The van der Waals surface area contributed by atoms with E-state index >= 15 is 0 Å². The van der Waals surface area contributed by atoms with E-state index in [-0.39, 0.29) is 5.41 Å². The van der Waals surface area contributed by atoms with Crippen LogP contribution >= 0.6 is 11.6 Å². The molecule has 3 heteroatoms. The number of fused-ring (bicyclic) bond motifs is 2. The van der Waals surface area contributed by atoms with E-state index in [9.17, 15) is 0 Å². The summed E-state index contributed by atoms with van der Waals surface area (Å²) in [5.41, 5.74) is 1.48. The number of ether oxygens (including phenoxy) is 1. The Morgan fingerprint density at radius 1 is 1.43 bits per heavy atom. The van der Waals surface area contributed by atoms with Gasteiger partial charge in [-0.2, -0.15) is 0 Å². The average Bonchev–Trinajstić information content (AvgIpc) is 2.77. The Kier molecular flexibility index (Phi) is 1.76. The quantitative estimate of drug-likeness (QED) is 0.706. The summed E-state index contributed by atoms with van der Waals surface area (Å²) < 4.78 is 5.69. The molecule has 0 aromatic heterocycles. The lowest BCUT2D eigenvalue weighted by atomic mass is 9.82. The van der Waals surface area contributed by atoms with Gasteiger partial charge in [0.05, 0.1) is 6.61 Å². The van der Waals surface area contributed by atoms with Crippen LogP contribution in [0.3, 0.4) is 0 Å². The van der Waals surface area contributed by atoms with Gasteiger partial charge in [-0.25, -0.2) is 0 Å². The fourth-order valence-electron chi connectivity index (χ4n) is 2.43. The average molecular weight is 210 g/mol. The van der Waals surface area contributed by atoms with Crippen molar-refractivity contribution in [3.8, 4) is 5.75 Å². The van der Waals surface area contributed by atoms with E-state index in [1.54, 1.807) is 0 Å². The van der Waals surface area contributed by atoms with E-state index in [1.807, 2.05) is 12.1 Å². The second kappa shape index (κ2) is 2.88. The predicted octanol–water partition coefficient (Wildman–Crippen LogP) is 1.96. The first-order chi connectivity index (χ1) is 6.80. The Morgan fingerprint density at radius 2 is 2.36 bits per heavy atom. The molecule has 74 valence electrons. The molecular weight excluding hydrogens is 198 g/mol. The molecule has 2 aliphatic rings. The van der Waals surface area contributed by atoms with Crippen LogP contribution in [-0.2, 0) is 5.41 Å². The highest BCUT2D eigenvalue weighted by molar-refractivity contribution is 6.30. The van der Waals surface area contributed by atoms with Crippen LogP contribution < -0.4 is 10.1 Å². The normalized spacial score (nSPS) is 29.2. The standard InChI is InChI=1S/C11H12ClNO/c12-8-1-2-10-9(5-8)11(7-14-10)3-4-13-6-11/h1-2,5,13H,3-4,6-7H2. The molecular formula is C11H12ClNO. The molecule has 3 rings (SSSR count). The Hall–Kier alpha value is -0.730. The molecule has 0 aliphatic carbocycles. The summed E-state index contributed by atoms with van der Waals surface area (Å²) in [7, 11) is 0. The summed E-state index contributed by atoms with van der Waals surface area (Å²) in [6, 6.07) is 5.92. The first-order valence-electron chi connectivity index (χ1n) is 4.94. The summed E-state index contributed by atoms with van der Waals surface area (Å²) >= 11 is 6.01. The van der Waals surface area contributed by atoms with Crippen molar-refractivity contribution in [2.75, 3.05) is 19.7 Å². The van der Waals surface area contributed by atoms with E-state index in [0.717, 1.165) is 36.9 Å². The number of nitrogens with one attached hydrogen (secondary N) is 1. The Morgan fingerprint density at radius 3 is 3.14 bits per heavy atom.